The lowest BCUT2D eigenvalue weighted by Crippen LogP contribution is -2.49. The van der Waals surface area contributed by atoms with Gasteiger partial charge in [0.05, 0.1) is 10.5 Å². The average molecular weight is 504 g/mol. The summed E-state index contributed by atoms with van der Waals surface area (Å²) in [5.74, 6) is 0.789. The molecule has 1 aliphatic heterocycles. The molecular weight excluding hydrogens is 467 g/mol. The summed E-state index contributed by atoms with van der Waals surface area (Å²) in [5, 5.41) is 6.54. The van der Waals surface area contributed by atoms with E-state index in [-0.39, 0.29) is 29.7 Å². The van der Waals surface area contributed by atoms with Crippen molar-refractivity contribution in [3.8, 4) is 0 Å². The van der Waals surface area contributed by atoms with Gasteiger partial charge in [0, 0.05) is 53.0 Å². The molecule has 0 aromatic heterocycles. The number of methoxy groups -OCH3 is 1. The van der Waals surface area contributed by atoms with Crippen molar-refractivity contribution >= 4 is 39.8 Å². The van der Waals surface area contributed by atoms with Gasteiger partial charge in [0.15, 0.2) is 15.8 Å². The molecule has 9 heteroatoms. The summed E-state index contributed by atoms with van der Waals surface area (Å²) in [4.78, 5) is 6.67. The van der Waals surface area contributed by atoms with Crippen molar-refractivity contribution in [2.45, 2.75) is 50.8 Å². The number of aliphatic imine (C=N–C) groups is 1. The van der Waals surface area contributed by atoms with Crippen molar-refractivity contribution in [1.82, 2.24) is 15.5 Å². The summed E-state index contributed by atoms with van der Waals surface area (Å²) >= 11 is 0. The molecule has 1 saturated heterocycles. The van der Waals surface area contributed by atoms with Gasteiger partial charge in [-0.25, -0.2) is 8.42 Å². The van der Waals surface area contributed by atoms with Crippen molar-refractivity contribution in [2.75, 3.05) is 52.7 Å². The summed E-state index contributed by atoms with van der Waals surface area (Å²) < 4.78 is 28.7. The van der Waals surface area contributed by atoms with Gasteiger partial charge in [-0.05, 0) is 40.0 Å². The minimum Gasteiger partial charge on any atom is -0.385 e. The highest BCUT2D eigenvalue weighted by atomic mass is 127. The third-order valence-electron chi connectivity index (χ3n) is 4.57. The number of ether oxygens (including phenoxy) is 1. The Morgan fingerprint density at radius 1 is 1.27 bits per heavy atom. The van der Waals surface area contributed by atoms with E-state index >= 15 is 0 Å². The van der Waals surface area contributed by atoms with Crippen molar-refractivity contribution in [2.24, 2.45) is 4.99 Å². The molecule has 156 valence electrons. The predicted octanol–water partition coefficient (Wildman–Crippen LogP) is 1.48. The highest BCUT2D eigenvalue weighted by Crippen LogP contribution is 2.15. The molecule has 7 nitrogen and oxygen atoms in total. The number of halogens is 1. The van der Waals surface area contributed by atoms with Crippen LogP contribution in [0.2, 0.25) is 0 Å². The van der Waals surface area contributed by atoms with Crippen LogP contribution in [-0.4, -0.2) is 82.8 Å². The first-order valence-electron chi connectivity index (χ1n) is 9.10. The minimum absolute atomic E-state index is 0. The van der Waals surface area contributed by atoms with Crippen LogP contribution in [0.1, 0.15) is 40.0 Å². The number of hydrogen-bond donors (Lipinski definition) is 2. The number of sulfone groups is 1. The Morgan fingerprint density at radius 3 is 2.38 bits per heavy atom. The summed E-state index contributed by atoms with van der Waals surface area (Å²) in [7, 11) is 0.338. The first-order valence-corrected chi connectivity index (χ1v) is 10.8. The number of nitrogens with one attached hydrogen (secondary N) is 2. The predicted molar refractivity (Wildman–Crippen MR) is 119 cm³/mol. The third-order valence-corrected chi connectivity index (χ3v) is 7.18. The summed E-state index contributed by atoms with van der Waals surface area (Å²) in [6.45, 7) is 9.59. The Balaban J connectivity index is 0.00000625. The molecule has 1 heterocycles. The standard InChI is InChI=1S/C17H36N4O3S.HI/c1-17(2,3)25(22,23)14-9-19-16(18-4)20-15-7-11-21(12-8-15)10-6-13-24-5;/h15H,6-14H2,1-5H3,(H2,18,19,20);1H. The molecule has 1 fully saturated rings. The highest BCUT2D eigenvalue weighted by Gasteiger charge is 2.28. The zero-order valence-corrected chi connectivity index (χ0v) is 20.0. The number of guanidine groups is 1. The molecule has 0 atom stereocenters. The molecule has 1 aliphatic rings. The van der Waals surface area contributed by atoms with Crippen molar-refractivity contribution in [1.29, 1.82) is 0 Å². The van der Waals surface area contributed by atoms with Crippen molar-refractivity contribution in [3.05, 3.63) is 0 Å². The van der Waals surface area contributed by atoms with Gasteiger partial charge in [0.25, 0.3) is 0 Å². The van der Waals surface area contributed by atoms with Crippen LogP contribution < -0.4 is 10.6 Å². The molecule has 0 bridgehead atoms. The number of nitrogens with zero attached hydrogens (tertiary/aromatic N) is 2. The zero-order valence-electron chi connectivity index (χ0n) is 16.9. The lowest BCUT2D eigenvalue weighted by atomic mass is 10.1. The first-order chi connectivity index (χ1) is 11.7. The van der Waals surface area contributed by atoms with E-state index in [4.69, 9.17) is 4.74 Å². The Morgan fingerprint density at radius 2 is 1.88 bits per heavy atom. The van der Waals surface area contributed by atoms with Gasteiger partial charge in [-0.2, -0.15) is 0 Å². The number of hydrogen-bond acceptors (Lipinski definition) is 5. The molecule has 0 aromatic rings. The molecule has 0 spiro atoms. The fourth-order valence-corrected chi connectivity index (χ4v) is 3.71. The molecular formula is C17H37IN4O3S. The Labute approximate surface area is 176 Å². The fourth-order valence-electron chi connectivity index (χ4n) is 2.73. The fraction of sp³-hybridized carbons (Fsp3) is 0.941. The van der Waals surface area contributed by atoms with Gasteiger partial charge < -0.3 is 20.3 Å². The third kappa shape index (κ3) is 9.18. The van der Waals surface area contributed by atoms with Crippen LogP contribution in [0.15, 0.2) is 4.99 Å². The van der Waals surface area contributed by atoms with Crippen LogP contribution in [-0.2, 0) is 14.6 Å². The normalized spacial score (nSPS) is 17.7. The van der Waals surface area contributed by atoms with Gasteiger partial charge in [0.1, 0.15) is 0 Å². The van der Waals surface area contributed by atoms with Gasteiger partial charge in [0.2, 0.25) is 0 Å². The molecule has 0 aliphatic carbocycles. The minimum atomic E-state index is -3.12. The van der Waals surface area contributed by atoms with Gasteiger partial charge in [-0.15, -0.1) is 24.0 Å². The molecule has 0 unspecified atom stereocenters. The maximum Gasteiger partial charge on any atom is 0.191 e. The lowest BCUT2D eigenvalue weighted by Gasteiger charge is -2.33. The van der Waals surface area contributed by atoms with E-state index in [0.29, 0.717) is 18.5 Å². The Hall–Kier alpha value is -0.130. The monoisotopic (exact) mass is 504 g/mol. The smallest absolute Gasteiger partial charge is 0.191 e. The van der Waals surface area contributed by atoms with Crippen LogP contribution in [0.3, 0.4) is 0 Å². The van der Waals surface area contributed by atoms with Crippen LogP contribution in [0, 0.1) is 0 Å². The summed E-state index contributed by atoms with van der Waals surface area (Å²) in [5.41, 5.74) is 0. The van der Waals surface area contributed by atoms with E-state index in [1.807, 2.05) is 0 Å². The average Bonchev–Trinajstić information content (AvgIpc) is 2.54. The molecule has 26 heavy (non-hydrogen) atoms. The van der Waals surface area contributed by atoms with E-state index < -0.39 is 14.6 Å². The van der Waals surface area contributed by atoms with Crippen LogP contribution in [0.5, 0.6) is 0 Å². The number of likely N-dealkylation sites (tertiary alicyclic amines) is 1. The van der Waals surface area contributed by atoms with Gasteiger partial charge in [-0.1, -0.05) is 0 Å². The lowest BCUT2D eigenvalue weighted by molar-refractivity contribution is 0.155. The maximum absolute atomic E-state index is 12.1. The van der Waals surface area contributed by atoms with E-state index in [1.165, 1.54) is 0 Å². The summed E-state index contributed by atoms with van der Waals surface area (Å²) in [6, 6.07) is 0.379. The van der Waals surface area contributed by atoms with Gasteiger partial charge in [-0.3, -0.25) is 4.99 Å². The number of rotatable bonds is 8. The first kappa shape index (κ1) is 25.9. The highest BCUT2D eigenvalue weighted by molar-refractivity contribution is 14.0. The van der Waals surface area contributed by atoms with E-state index in [0.717, 1.165) is 45.5 Å². The summed E-state index contributed by atoms with van der Waals surface area (Å²) in [6.07, 6.45) is 3.20. The quantitative estimate of drug-likeness (QED) is 0.226. The van der Waals surface area contributed by atoms with E-state index in [9.17, 15) is 8.42 Å². The SMILES string of the molecule is CN=C(NCCS(=O)(=O)C(C)(C)C)NC1CCN(CCCOC)CC1.I. The van der Waals surface area contributed by atoms with Crippen LogP contribution in [0.4, 0.5) is 0 Å². The molecule has 0 radical (unpaired) electrons. The second-order valence-corrected chi connectivity index (χ2v) is 10.4. The van der Waals surface area contributed by atoms with Gasteiger partial charge >= 0.3 is 0 Å². The topological polar surface area (TPSA) is 83.0 Å². The molecule has 2 N–H and O–H groups in total. The van der Waals surface area contributed by atoms with E-state index in [2.05, 4.69) is 20.5 Å². The molecule has 0 amide bonds. The van der Waals surface area contributed by atoms with Crippen LogP contribution >= 0.6 is 24.0 Å². The second kappa shape index (κ2) is 12.4. The Bertz CT molecular complexity index is 513. The van der Waals surface area contributed by atoms with Crippen molar-refractivity contribution < 1.29 is 13.2 Å². The maximum atomic E-state index is 12.1. The molecule has 0 saturated carbocycles. The second-order valence-electron chi connectivity index (χ2n) is 7.54. The largest absolute Gasteiger partial charge is 0.385 e. The van der Waals surface area contributed by atoms with Crippen molar-refractivity contribution in [3.63, 3.8) is 0 Å². The molecule has 0 aromatic carbocycles. The van der Waals surface area contributed by atoms with Crippen LogP contribution in [0.25, 0.3) is 0 Å². The zero-order chi connectivity index (χ0) is 18.9. The Kier molecular flexibility index (Phi) is 12.3. The number of piperidine rings is 1. The molecule has 1 rings (SSSR count). The van der Waals surface area contributed by atoms with E-state index in [1.54, 1.807) is 34.9 Å².